The summed E-state index contributed by atoms with van der Waals surface area (Å²) in [6.45, 7) is 0.883. The van der Waals surface area contributed by atoms with Gasteiger partial charge in [0.25, 0.3) is 0 Å². The van der Waals surface area contributed by atoms with Crippen LogP contribution in [0.4, 0.5) is 0 Å². The molecule has 102 valence electrons. The fourth-order valence-corrected chi connectivity index (χ4v) is 2.07. The van der Waals surface area contributed by atoms with E-state index in [-0.39, 0.29) is 0 Å². The summed E-state index contributed by atoms with van der Waals surface area (Å²) in [7, 11) is 3.23. The smallest absolute Gasteiger partial charge is 0.119 e. The van der Waals surface area contributed by atoms with E-state index in [0.717, 1.165) is 17.7 Å². The summed E-state index contributed by atoms with van der Waals surface area (Å²) in [4.78, 5) is 0. The van der Waals surface area contributed by atoms with Crippen LogP contribution in [-0.4, -0.2) is 38.1 Å². The lowest BCUT2D eigenvalue weighted by Gasteiger charge is -2.27. The Balaban J connectivity index is 2.74. The van der Waals surface area contributed by atoms with Gasteiger partial charge in [0, 0.05) is 13.5 Å². The van der Waals surface area contributed by atoms with Crippen LogP contribution in [0.3, 0.4) is 0 Å². The summed E-state index contributed by atoms with van der Waals surface area (Å²) in [5.41, 5.74) is 5.67. The lowest BCUT2D eigenvalue weighted by atomic mass is 9.90. The topological polar surface area (TPSA) is 64.7 Å². The van der Waals surface area contributed by atoms with E-state index in [1.54, 1.807) is 14.2 Å². The number of nitrogens with two attached hydrogens (primary N) is 1. The SMILES string of the molecule is COCC(O)(CCCN)Cc1cccc(OC)c1. The van der Waals surface area contributed by atoms with Gasteiger partial charge in [-0.1, -0.05) is 12.1 Å². The Hall–Kier alpha value is -1.10. The molecular formula is C14H23NO3. The summed E-state index contributed by atoms with van der Waals surface area (Å²) >= 11 is 0. The molecule has 0 amide bonds. The minimum absolute atomic E-state index is 0.310. The molecule has 0 heterocycles. The molecule has 0 radical (unpaired) electrons. The zero-order valence-electron chi connectivity index (χ0n) is 11.2. The first kappa shape index (κ1) is 15.0. The number of benzene rings is 1. The van der Waals surface area contributed by atoms with Gasteiger partial charge in [0.05, 0.1) is 19.3 Å². The van der Waals surface area contributed by atoms with Crippen molar-refractivity contribution in [2.24, 2.45) is 5.73 Å². The fourth-order valence-electron chi connectivity index (χ4n) is 2.07. The molecule has 18 heavy (non-hydrogen) atoms. The maximum atomic E-state index is 10.5. The molecule has 0 aromatic heterocycles. The third-order valence-electron chi connectivity index (χ3n) is 2.93. The van der Waals surface area contributed by atoms with Crippen LogP contribution in [0.2, 0.25) is 0 Å². The van der Waals surface area contributed by atoms with Crippen molar-refractivity contribution in [2.45, 2.75) is 24.9 Å². The van der Waals surface area contributed by atoms with Gasteiger partial charge >= 0.3 is 0 Å². The minimum atomic E-state index is -0.861. The molecule has 0 aliphatic carbocycles. The van der Waals surface area contributed by atoms with E-state index >= 15 is 0 Å². The summed E-state index contributed by atoms with van der Waals surface area (Å²) in [5.74, 6) is 0.797. The van der Waals surface area contributed by atoms with Crippen LogP contribution in [-0.2, 0) is 11.2 Å². The van der Waals surface area contributed by atoms with E-state index in [1.165, 1.54) is 0 Å². The van der Waals surface area contributed by atoms with Gasteiger partial charge in [-0.3, -0.25) is 0 Å². The van der Waals surface area contributed by atoms with Crippen molar-refractivity contribution in [3.8, 4) is 5.75 Å². The van der Waals surface area contributed by atoms with Crippen molar-refractivity contribution < 1.29 is 14.6 Å². The van der Waals surface area contributed by atoms with Crippen LogP contribution >= 0.6 is 0 Å². The number of hydrogen-bond acceptors (Lipinski definition) is 4. The molecule has 1 aromatic rings. The highest BCUT2D eigenvalue weighted by Gasteiger charge is 2.26. The van der Waals surface area contributed by atoms with Crippen molar-refractivity contribution in [3.05, 3.63) is 29.8 Å². The molecule has 4 heteroatoms. The van der Waals surface area contributed by atoms with Gasteiger partial charge in [-0.05, 0) is 37.1 Å². The van der Waals surface area contributed by atoms with Crippen LogP contribution in [0.5, 0.6) is 5.75 Å². The Kier molecular flexibility index (Phi) is 6.12. The zero-order chi connectivity index (χ0) is 13.4. The van der Waals surface area contributed by atoms with Crippen molar-refractivity contribution in [1.29, 1.82) is 0 Å². The quantitative estimate of drug-likeness (QED) is 0.734. The van der Waals surface area contributed by atoms with Crippen molar-refractivity contribution in [3.63, 3.8) is 0 Å². The molecule has 0 spiro atoms. The number of rotatable bonds is 8. The van der Waals surface area contributed by atoms with Gasteiger partial charge in [0.1, 0.15) is 5.75 Å². The highest BCUT2D eigenvalue weighted by atomic mass is 16.5. The molecule has 0 bridgehead atoms. The molecular weight excluding hydrogens is 230 g/mol. The van der Waals surface area contributed by atoms with E-state index in [1.807, 2.05) is 24.3 Å². The molecule has 1 rings (SSSR count). The predicted molar refractivity (Wildman–Crippen MR) is 71.8 cm³/mol. The largest absolute Gasteiger partial charge is 0.497 e. The van der Waals surface area contributed by atoms with Gasteiger partial charge in [0.2, 0.25) is 0 Å². The molecule has 0 fully saturated rings. The van der Waals surface area contributed by atoms with Gasteiger partial charge in [0.15, 0.2) is 0 Å². The third-order valence-corrected chi connectivity index (χ3v) is 2.93. The Morgan fingerprint density at radius 3 is 2.72 bits per heavy atom. The lowest BCUT2D eigenvalue weighted by molar-refractivity contribution is -0.0375. The number of ether oxygens (including phenoxy) is 2. The minimum Gasteiger partial charge on any atom is -0.497 e. The van der Waals surface area contributed by atoms with E-state index in [4.69, 9.17) is 15.2 Å². The van der Waals surface area contributed by atoms with Gasteiger partial charge in [-0.2, -0.15) is 0 Å². The highest BCUT2D eigenvalue weighted by Crippen LogP contribution is 2.22. The van der Waals surface area contributed by atoms with Crippen LogP contribution < -0.4 is 10.5 Å². The zero-order valence-corrected chi connectivity index (χ0v) is 11.2. The second kappa shape index (κ2) is 7.36. The van der Waals surface area contributed by atoms with E-state index in [9.17, 15) is 5.11 Å². The molecule has 0 saturated carbocycles. The average molecular weight is 253 g/mol. The Bertz CT molecular complexity index is 357. The molecule has 0 aliphatic heterocycles. The summed E-state index contributed by atoms with van der Waals surface area (Å²) in [6, 6.07) is 7.72. The van der Waals surface area contributed by atoms with E-state index in [2.05, 4.69) is 0 Å². The second-order valence-corrected chi connectivity index (χ2v) is 4.58. The van der Waals surface area contributed by atoms with Gasteiger partial charge < -0.3 is 20.3 Å². The van der Waals surface area contributed by atoms with Crippen LogP contribution in [0.1, 0.15) is 18.4 Å². The van der Waals surface area contributed by atoms with E-state index < -0.39 is 5.60 Å². The molecule has 1 atom stereocenters. The van der Waals surface area contributed by atoms with Crippen molar-refractivity contribution in [1.82, 2.24) is 0 Å². The number of methoxy groups -OCH3 is 2. The Labute approximate surface area is 109 Å². The monoisotopic (exact) mass is 253 g/mol. The van der Waals surface area contributed by atoms with Crippen LogP contribution in [0.15, 0.2) is 24.3 Å². The first-order valence-electron chi connectivity index (χ1n) is 6.18. The maximum Gasteiger partial charge on any atom is 0.119 e. The number of hydrogen-bond donors (Lipinski definition) is 2. The lowest BCUT2D eigenvalue weighted by Crippen LogP contribution is -2.37. The number of aliphatic hydroxyl groups is 1. The average Bonchev–Trinajstić information content (AvgIpc) is 2.37. The molecule has 4 nitrogen and oxygen atoms in total. The first-order chi connectivity index (χ1) is 8.63. The Morgan fingerprint density at radius 1 is 1.33 bits per heavy atom. The molecule has 1 aromatic carbocycles. The highest BCUT2D eigenvalue weighted by molar-refractivity contribution is 5.29. The summed E-state index contributed by atoms with van der Waals surface area (Å²) in [5, 5.41) is 10.5. The fraction of sp³-hybridized carbons (Fsp3) is 0.571. The Morgan fingerprint density at radius 2 is 2.11 bits per heavy atom. The summed E-state index contributed by atoms with van der Waals surface area (Å²) < 4.78 is 10.3. The van der Waals surface area contributed by atoms with Gasteiger partial charge in [-0.25, -0.2) is 0 Å². The normalized spacial score (nSPS) is 14.2. The third kappa shape index (κ3) is 4.64. The predicted octanol–water partition coefficient (Wildman–Crippen LogP) is 1.35. The van der Waals surface area contributed by atoms with Gasteiger partial charge in [-0.15, -0.1) is 0 Å². The van der Waals surface area contributed by atoms with Crippen molar-refractivity contribution >= 4 is 0 Å². The second-order valence-electron chi connectivity index (χ2n) is 4.58. The van der Waals surface area contributed by atoms with Crippen molar-refractivity contribution in [2.75, 3.05) is 27.4 Å². The first-order valence-corrected chi connectivity index (χ1v) is 6.18. The van der Waals surface area contributed by atoms with Crippen LogP contribution in [0, 0.1) is 0 Å². The standard InChI is InChI=1S/C14H23NO3/c1-17-11-14(16,7-4-8-15)10-12-5-3-6-13(9-12)18-2/h3,5-6,9,16H,4,7-8,10-11,15H2,1-2H3. The molecule has 3 N–H and O–H groups in total. The van der Waals surface area contributed by atoms with E-state index in [0.29, 0.717) is 26.0 Å². The molecule has 1 unspecified atom stereocenters. The summed E-state index contributed by atoms with van der Waals surface area (Å²) in [6.07, 6.45) is 1.95. The maximum absolute atomic E-state index is 10.5. The molecule has 0 saturated heterocycles. The molecule has 0 aliphatic rings. The van der Waals surface area contributed by atoms with Crippen LogP contribution in [0.25, 0.3) is 0 Å².